The van der Waals surface area contributed by atoms with Crippen molar-refractivity contribution in [3.05, 3.63) is 52.5 Å². The molecule has 4 heterocycles. The summed E-state index contributed by atoms with van der Waals surface area (Å²) < 4.78 is 27.8. The summed E-state index contributed by atoms with van der Waals surface area (Å²) in [7, 11) is -5.64. The smallest absolute Gasteiger partial charge is 0.335 e. The predicted octanol–water partition coefficient (Wildman–Crippen LogP) is 6.70. The lowest BCUT2D eigenvalue weighted by Crippen LogP contribution is -2.65. The minimum atomic E-state index is -2.91. The molecule has 3 aromatic rings. The molecule has 0 spiro atoms. The number of aliphatic hydroxyl groups excluding tert-OH is 1. The van der Waals surface area contributed by atoms with E-state index < -0.39 is 41.5 Å². The Bertz CT molecular complexity index is 1390. The number of ether oxygens (including phenoxy) is 1. The van der Waals surface area contributed by atoms with Crippen LogP contribution in [-0.2, 0) is 17.7 Å². The van der Waals surface area contributed by atoms with Crippen LogP contribution >= 0.6 is 11.3 Å². The molecule has 0 aliphatic carbocycles. The number of thiophene rings is 1. The molecule has 0 unspecified atom stereocenters. The number of aromatic nitrogens is 2. The third-order valence-corrected chi connectivity index (χ3v) is 19.9. The van der Waals surface area contributed by atoms with Crippen LogP contribution in [0.5, 0.6) is 0 Å². The van der Waals surface area contributed by atoms with Gasteiger partial charge in [-0.05, 0) is 34.3 Å². The molecule has 2 fully saturated rings. The van der Waals surface area contributed by atoms with Crippen LogP contribution in [0, 0.1) is 0 Å². The van der Waals surface area contributed by atoms with Gasteiger partial charge < -0.3 is 28.1 Å². The fourth-order valence-electron chi connectivity index (χ4n) is 6.33. The van der Waals surface area contributed by atoms with Crippen LogP contribution in [0.15, 0.2) is 42.0 Å². The second-order valence-corrected chi connectivity index (χ2v) is 22.3. The summed E-state index contributed by atoms with van der Waals surface area (Å²) in [6.07, 6.45) is -1.25. The summed E-state index contributed by atoms with van der Waals surface area (Å²) in [6.45, 7) is 17.7. The molecule has 1 aromatic carbocycles. The number of nitrogens with one attached hydrogen (secondary N) is 1. The third-order valence-electron chi connectivity index (χ3n) is 8.61. The molecule has 0 saturated carbocycles. The zero-order valence-corrected chi connectivity index (χ0v) is 28.5. The van der Waals surface area contributed by atoms with Crippen molar-refractivity contribution in [2.24, 2.45) is 0 Å². The maximum absolute atomic E-state index is 12.9. The summed E-state index contributed by atoms with van der Waals surface area (Å²) in [5.74, 6) is 0.162. The highest BCUT2D eigenvalue weighted by molar-refractivity contribution is 7.11. The molecule has 5 rings (SSSR count). The Kier molecular flexibility index (Phi) is 9.09. The van der Waals surface area contributed by atoms with Crippen molar-refractivity contribution in [2.45, 2.75) is 102 Å². The van der Waals surface area contributed by atoms with E-state index in [-0.39, 0.29) is 34.7 Å². The van der Waals surface area contributed by atoms with Crippen LogP contribution in [0.4, 0.5) is 5.82 Å². The first kappa shape index (κ1) is 31.4. The second-order valence-electron chi connectivity index (χ2n) is 12.5. The van der Waals surface area contributed by atoms with E-state index >= 15 is 0 Å². The van der Waals surface area contributed by atoms with Gasteiger partial charge in [-0.3, -0.25) is 4.79 Å². The van der Waals surface area contributed by atoms with Crippen LogP contribution in [0.3, 0.4) is 0 Å². The van der Waals surface area contributed by atoms with E-state index in [1.807, 2.05) is 23.6 Å². The minimum absolute atomic E-state index is 0.140. The van der Waals surface area contributed by atoms with Crippen LogP contribution < -0.4 is 5.32 Å². The number of amides is 1. The molecule has 228 valence electrons. The Morgan fingerprint density at radius 1 is 0.976 bits per heavy atom. The van der Waals surface area contributed by atoms with Gasteiger partial charge in [0.05, 0.1) is 22.4 Å². The minimum Gasteiger partial charge on any atom is -0.414 e. The Balaban J connectivity index is 1.49. The molecule has 4 atom stereocenters. The maximum atomic E-state index is 12.9. The van der Waals surface area contributed by atoms with Crippen molar-refractivity contribution < 1.29 is 27.6 Å². The fraction of sp³-hybridized carbons (Fsp3) is 0.567. The molecule has 12 heteroatoms. The topological polar surface area (TPSA) is 112 Å². The average molecular weight is 630 g/mol. The molecular weight excluding hydrogens is 587 g/mol. The summed E-state index contributed by atoms with van der Waals surface area (Å²) in [6, 6.07) is 9.00. The van der Waals surface area contributed by atoms with E-state index in [0.717, 1.165) is 4.88 Å². The second kappa shape index (κ2) is 12.2. The molecular formula is C30H43N3O6SSi2. The van der Waals surface area contributed by atoms with Gasteiger partial charge in [-0.2, -0.15) is 0 Å². The van der Waals surface area contributed by atoms with Gasteiger partial charge in [0, 0.05) is 10.9 Å². The van der Waals surface area contributed by atoms with Crippen LogP contribution in [0.25, 0.3) is 10.9 Å². The number of benzene rings is 1. The number of hydrogen-bond acceptors (Lipinski definition) is 9. The molecule has 9 nitrogen and oxygen atoms in total. The molecule has 2 saturated heterocycles. The zero-order valence-electron chi connectivity index (χ0n) is 25.7. The van der Waals surface area contributed by atoms with Gasteiger partial charge in [0.15, 0.2) is 0 Å². The number of anilines is 1. The van der Waals surface area contributed by atoms with Gasteiger partial charge in [0.25, 0.3) is 5.91 Å². The van der Waals surface area contributed by atoms with Crippen molar-refractivity contribution >= 4 is 51.1 Å². The lowest BCUT2D eigenvalue weighted by molar-refractivity contribution is -0.0384. The highest BCUT2D eigenvalue weighted by Crippen LogP contribution is 2.50. The summed E-state index contributed by atoms with van der Waals surface area (Å²) in [5, 5.41) is 17.3. The Morgan fingerprint density at radius 2 is 1.62 bits per heavy atom. The van der Waals surface area contributed by atoms with Crippen LogP contribution in [0.2, 0.25) is 22.2 Å². The van der Waals surface area contributed by atoms with Crippen LogP contribution in [0.1, 0.15) is 76.7 Å². The van der Waals surface area contributed by atoms with E-state index in [4.69, 9.17) is 17.7 Å². The van der Waals surface area contributed by atoms with Crippen LogP contribution in [-0.4, -0.2) is 63.0 Å². The third kappa shape index (κ3) is 5.40. The molecule has 0 radical (unpaired) electrons. The normalized spacial score (nSPS) is 25.6. The van der Waals surface area contributed by atoms with Gasteiger partial charge >= 0.3 is 17.1 Å². The van der Waals surface area contributed by atoms with Crippen molar-refractivity contribution in [1.82, 2.24) is 9.97 Å². The van der Waals surface area contributed by atoms with E-state index in [0.29, 0.717) is 22.3 Å². The first-order chi connectivity index (χ1) is 19.9. The van der Waals surface area contributed by atoms with Crippen molar-refractivity contribution in [1.29, 1.82) is 0 Å². The standard InChI is InChI=1S/C30H43N3O6SSi2/c1-17(2)41(18(3)4)36-14-23-26(38-42(39-41,19(5)6)20(7)8)25(34)27(37-23)28-24-22(15-40-28)29(32-16-31-24)33-30(35)21-12-10-9-11-13-21/h9-13,15-20,23,25-27,34H,14H2,1-8H3,(H,31,32,33,35)/t23-,25-,26-,27-/m1/s1. The van der Waals surface area contributed by atoms with Gasteiger partial charge in [0.1, 0.15) is 36.6 Å². The zero-order chi connectivity index (χ0) is 30.4. The lowest BCUT2D eigenvalue weighted by Gasteiger charge is -2.51. The molecule has 2 aliphatic rings. The van der Waals surface area contributed by atoms with E-state index in [1.54, 1.807) is 12.1 Å². The SMILES string of the molecule is CC(C)[Si]1(C(C)C)OC[C@H]2O[C@@H](c3scc4c(NC(=O)c5ccccc5)ncnc34)[C@H](O)[C@@H]2O[Si](C(C)C)(C(C)C)O1. The molecule has 42 heavy (non-hydrogen) atoms. The van der Waals surface area contributed by atoms with Gasteiger partial charge in [-0.1, -0.05) is 73.6 Å². The highest BCUT2D eigenvalue weighted by Gasteiger charge is 2.61. The first-order valence-corrected chi connectivity index (χ1v) is 19.7. The van der Waals surface area contributed by atoms with Gasteiger partial charge in [0.2, 0.25) is 0 Å². The van der Waals surface area contributed by atoms with Gasteiger partial charge in [-0.25, -0.2) is 9.97 Å². The Morgan fingerprint density at radius 3 is 2.24 bits per heavy atom. The largest absolute Gasteiger partial charge is 0.414 e. The number of carbonyl (C=O) groups is 1. The fourth-order valence-corrected chi connectivity index (χ4v) is 18.6. The van der Waals surface area contributed by atoms with E-state index in [9.17, 15) is 9.90 Å². The van der Waals surface area contributed by atoms with E-state index in [2.05, 4.69) is 70.7 Å². The Labute approximate surface area is 254 Å². The molecule has 2 aromatic heterocycles. The summed E-state index contributed by atoms with van der Waals surface area (Å²) in [4.78, 5) is 22.5. The number of aliphatic hydroxyl groups is 1. The number of nitrogens with zero attached hydrogens (tertiary/aromatic N) is 2. The number of hydrogen-bond donors (Lipinski definition) is 2. The number of fused-ring (bicyclic) bond motifs is 2. The van der Waals surface area contributed by atoms with Crippen molar-refractivity contribution in [2.75, 3.05) is 11.9 Å². The molecule has 2 aliphatic heterocycles. The summed E-state index contributed by atoms with van der Waals surface area (Å²) in [5.41, 5.74) is 1.88. The predicted molar refractivity (Wildman–Crippen MR) is 169 cm³/mol. The maximum Gasteiger partial charge on any atom is 0.335 e. The van der Waals surface area contributed by atoms with Gasteiger partial charge in [-0.15, -0.1) is 11.3 Å². The first-order valence-electron chi connectivity index (χ1n) is 14.8. The summed E-state index contributed by atoms with van der Waals surface area (Å²) >= 11 is 1.43. The highest BCUT2D eigenvalue weighted by atomic mass is 32.1. The molecule has 2 N–H and O–H groups in total. The quantitative estimate of drug-likeness (QED) is 0.278. The monoisotopic (exact) mass is 629 g/mol. The van der Waals surface area contributed by atoms with Crippen molar-refractivity contribution in [3.8, 4) is 0 Å². The molecule has 0 bridgehead atoms. The Hall–Kier alpha value is -2.04. The van der Waals surface area contributed by atoms with Crippen molar-refractivity contribution in [3.63, 3.8) is 0 Å². The average Bonchev–Trinajstić information content (AvgIpc) is 3.49. The van der Waals surface area contributed by atoms with E-state index in [1.165, 1.54) is 17.7 Å². The number of rotatable bonds is 7. The molecule has 1 amide bonds. The lowest BCUT2D eigenvalue weighted by atomic mass is 10.1. The number of carbonyl (C=O) groups excluding carboxylic acids is 1.